The number of nitrogens with zero attached hydrogens (tertiary/aromatic N) is 1. The molecule has 14 heavy (non-hydrogen) atoms. The van der Waals surface area contributed by atoms with Gasteiger partial charge in [0.05, 0.1) is 5.75 Å². The molecule has 0 spiro atoms. The number of carbonyl (C=O) groups excluding carboxylic acids is 1. The van der Waals surface area contributed by atoms with Crippen molar-refractivity contribution in [1.82, 2.24) is 4.31 Å². The van der Waals surface area contributed by atoms with Crippen LogP contribution in [0.2, 0.25) is 0 Å². The van der Waals surface area contributed by atoms with E-state index >= 15 is 0 Å². The maximum atomic E-state index is 11.7. The molecule has 0 N–H and O–H groups in total. The summed E-state index contributed by atoms with van der Waals surface area (Å²) in [5.74, 6) is 0.596. The largest absolute Gasteiger partial charge is 0.299 e. The minimum atomic E-state index is -3.08. The standard InChI is InChI=1S/C9H13NO3S/c1-2-14(12,13)10-5-3-4-6(10)8-7(5)9(8)11/h5-8H,2-4H2,1H3. The quantitative estimate of drug-likeness (QED) is 0.651. The molecule has 2 bridgehead atoms. The maximum Gasteiger partial charge on any atom is 0.214 e. The molecule has 3 rings (SSSR count). The van der Waals surface area contributed by atoms with Crippen LogP contribution in [0.1, 0.15) is 19.8 Å². The van der Waals surface area contributed by atoms with E-state index < -0.39 is 10.0 Å². The van der Waals surface area contributed by atoms with Crippen molar-refractivity contribution in [2.24, 2.45) is 11.8 Å². The van der Waals surface area contributed by atoms with E-state index in [2.05, 4.69) is 0 Å². The highest BCUT2D eigenvalue weighted by atomic mass is 32.2. The van der Waals surface area contributed by atoms with E-state index in [1.807, 2.05) is 0 Å². The molecule has 0 amide bonds. The Bertz CT molecular complexity index is 382. The Labute approximate surface area is 83.3 Å². The number of hydrogen-bond acceptors (Lipinski definition) is 3. The molecule has 3 aliphatic rings. The van der Waals surface area contributed by atoms with E-state index in [-0.39, 0.29) is 29.7 Å². The lowest BCUT2D eigenvalue weighted by molar-refractivity contribution is -0.113. The molecule has 1 aliphatic carbocycles. The summed E-state index contributed by atoms with van der Waals surface area (Å²) in [4.78, 5) is 11.3. The summed E-state index contributed by atoms with van der Waals surface area (Å²) in [7, 11) is -3.08. The van der Waals surface area contributed by atoms with Crippen molar-refractivity contribution in [3.8, 4) is 0 Å². The van der Waals surface area contributed by atoms with E-state index in [4.69, 9.17) is 0 Å². The number of rotatable bonds is 2. The second-order valence-electron chi connectivity index (χ2n) is 4.40. The third-order valence-electron chi connectivity index (χ3n) is 3.86. The van der Waals surface area contributed by atoms with Crippen molar-refractivity contribution in [3.63, 3.8) is 0 Å². The van der Waals surface area contributed by atoms with Crippen LogP contribution < -0.4 is 0 Å². The van der Waals surface area contributed by atoms with E-state index in [1.54, 1.807) is 11.2 Å². The lowest BCUT2D eigenvalue weighted by Gasteiger charge is -2.23. The second kappa shape index (κ2) is 2.39. The SMILES string of the molecule is CCS(=O)(=O)N1C2CCC1C1C(=O)C12. The average Bonchev–Trinajstić information content (AvgIpc) is 2.62. The van der Waals surface area contributed by atoms with Gasteiger partial charge in [-0.25, -0.2) is 8.42 Å². The van der Waals surface area contributed by atoms with Crippen molar-refractivity contribution in [2.45, 2.75) is 31.8 Å². The predicted octanol–water partition coefficient (Wildman–Crippen LogP) is -0.00220. The number of fused-ring (bicyclic) bond motifs is 5. The summed E-state index contributed by atoms with van der Waals surface area (Å²) in [6.45, 7) is 1.67. The Hall–Kier alpha value is -0.420. The van der Waals surface area contributed by atoms with Crippen LogP contribution in [0.15, 0.2) is 0 Å². The van der Waals surface area contributed by atoms with Gasteiger partial charge in [-0.2, -0.15) is 4.31 Å². The van der Waals surface area contributed by atoms with Crippen LogP contribution >= 0.6 is 0 Å². The highest BCUT2D eigenvalue weighted by Crippen LogP contribution is 2.58. The van der Waals surface area contributed by atoms with Crippen molar-refractivity contribution < 1.29 is 13.2 Å². The summed E-state index contributed by atoms with van der Waals surface area (Å²) in [6, 6.07) is 0.0323. The zero-order valence-corrected chi connectivity index (χ0v) is 8.83. The molecule has 0 radical (unpaired) electrons. The number of sulfonamides is 1. The molecule has 2 aliphatic heterocycles. The summed E-state index contributed by atoms with van der Waals surface area (Å²) < 4.78 is 25.1. The van der Waals surface area contributed by atoms with Gasteiger partial charge in [0.25, 0.3) is 0 Å². The highest BCUT2D eigenvalue weighted by Gasteiger charge is 2.71. The van der Waals surface area contributed by atoms with Crippen LogP contribution in [-0.4, -0.2) is 36.3 Å². The fourth-order valence-electron chi connectivity index (χ4n) is 3.22. The Morgan fingerprint density at radius 3 is 2.21 bits per heavy atom. The summed E-state index contributed by atoms with van der Waals surface area (Å²) in [6.07, 6.45) is 1.77. The molecule has 4 nitrogen and oxygen atoms in total. The third-order valence-corrected chi connectivity index (χ3v) is 5.78. The average molecular weight is 215 g/mol. The zero-order valence-electron chi connectivity index (χ0n) is 8.01. The molecule has 5 heteroatoms. The van der Waals surface area contributed by atoms with Crippen LogP contribution in [0.4, 0.5) is 0 Å². The molecular weight excluding hydrogens is 202 g/mol. The van der Waals surface area contributed by atoms with E-state index in [0.717, 1.165) is 12.8 Å². The first-order valence-corrected chi connectivity index (χ1v) is 6.74. The van der Waals surface area contributed by atoms with Crippen LogP contribution in [0.5, 0.6) is 0 Å². The van der Waals surface area contributed by atoms with Gasteiger partial charge in [-0.05, 0) is 19.8 Å². The Morgan fingerprint density at radius 2 is 1.79 bits per heavy atom. The first-order valence-electron chi connectivity index (χ1n) is 5.13. The molecule has 0 aromatic rings. The molecular formula is C9H13NO3S. The normalized spacial score (nSPS) is 45.6. The maximum absolute atomic E-state index is 11.7. The molecule has 0 aromatic carbocycles. The fraction of sp³-hybridized carbons (Fsp3) is 0.889. The van der Waals surface area contributed by atoms with Gasteiger partial charge in [0.1, 0.15) is 5.78 Å². The molecule has 0 aromatic heterocycles. The van der Waals surface area contributed by atoms with Crippen LogP contribution in [0.25, 0.3) is 0 Å². The summed E-state index contributed by atoms with van der Waals surface area (Å²) in [5.41, 5.74) is 0. The number of ketones is 1. The van der Waals surface area contributed by atoms with E-state index in [0.29, 0.717) is 5.78 Å². The molecule has 78 valence electrons. The molecule has 1 saturated carbocycles. The molecule has 2 heterocycles. The molecule has 3 fully saturated rings. The smallest absolute Gasteiger partial charge is 0.214 e. The highest BCUT2D eigenvalue weighted by molar-refractivity contribution is 7.89. The van der Waals surface area contributed by atoms with Crippen LogP contribution in [-0.2, 0) is 14.8 Å². The Balaban J connectivity index is 1.97. The Morgan fingerprint density at radius 1 is 1.29 bits per heavy atom. The first-order chi connectivity index (χ1) is 6.58. The lowest BCUT2D eigenvalue weighted by Crippen LogP contribution is -2.40. The fourth-order valence-corrected chi connectivity index (χ4v) is 4.81. The second-order valence-corrected chi connectivity index (χ2v) is 6.56. The van der Waals surface area contributed by atoms with Crippen molar-refractivity contribution in [2.75, 3.05) is 5.75 Å². The number of carbonyl (C=O) groups is 1. The monoisotopic (exact) mass is 215 g/mol. The molecule has 2 saturated heterocycles. The number of Topliss-reactive ketones (excluding diaryl/α,β-unsaturated/α-hetero) is 1. The number of hydrogen-bond donors (Lipinski definition) is 0. The van der Waals surface area contributed by atoms with Crippen LogP contribution in [0.3, 0.4) is 0 Å². The van der Waals surface area contributed by atoms with Gasteiger partial charge in [-0.15, -0.1) is 0 Å². The first kappa shape index (κ1) is 8.85. The van der Waals surface area contributed by atoms with Crippen molar-refractivity contribution in [1.29, 1.82) is 0 Å². The van der Waals surface area contributed by atoms with Gasteiger partial charge in [-0.3, -0.25) is 4.79 Å². The van der Waals surface area contributed by atoms with Gasteiger partial charge >= 0.3 is 0 Å². The van der Waals surface area contributed by atoms with Gasteiger partial charge in [0.15, 0.2) is 0 Å². The van der Waals surface area contributed by atoms with Gasteiger partial charge in [0.2, 0.25) is 10.0 Å². The molecule has 4 atom stereocenters. The van der Waals surface area contributed by atoms with Gasteiger partial charge in [-0.1, -0.05) is 0 Å². The number of piperidine rings is 1. The Kier molecular flexibility index (Phi) is 1.51. The third kappa shape index (κ3) is 0.827. The van der Waals surface area contributed by atoms with Gasteiger partial charge in [0, 0.05) is 23.9 Å². The minimum absolute atomic E-state index is 0.0162. The van der Waals surface area contributed by atoms with Crippen molar-refractivity contribution in [3.05, 3.63) is 0 Å². The van der Waals surface area contributed by atoms with E-state index in [1.165, 1.54) is 0 Å². The van der Waals surface area contributed by atoms with Crippen molar-refractivity contribution >= 4 is 15.8 Å². The molecule has 4 unspecified atom stereocenters. The summed E-state index contributed by atoms with van der Waals surface area (Å²) in [5, 5.41) is 0. The zero-order chi connectivity index (χ0) is 10.1. The van der Waals surface area contributed by atoms with Crippen LogP contribution in [0, 0.1) is 11.8 Å². The van der Waals surface area contributed by atoms with Gasteiger partial charge < -0.3 is 0 Å². The predicted molar refractivity (Wildman–Crippen MR) is 50.1 cm³/mol. The lowest BCUT2D eigenvalue weighted by atomic mass is 10.0. The topological polar surface area (TPSA) is 54.5 Å². The summed E-state index contributed by atoms with van der Waals surface area (Å²) >= 11 is 0. The van der Waals surface area contributed by atoms with E-state index in [9.17, 15) is 13.2 Å². The minimum Gasteiger partial charge on any atom is -0.299 e.